The number of pyridine rings is 3. The lowest BCUT2D eigenvalue weighted by molar-refractivity contribution is -0.114. The van der Waals surface area contributed by atoms with Crippen LogP contribution >= 0.6 is 75.3 Å². The maximum atomic E-state index is 12.8. The van der Waals surface area contributed by atoms with E-state index in [1.54, 1.807) is 128 Å². The van der Waals surface area contributed by atoms with Gasteiger partial charge in [-0.3, -0.25) is 28.8 Å². The second-order valence-corrected chi connectivity index (χ2v) is 26.6. The molecule has 0 saturated carbocycles. The predicted octanol–water partition coefficient (Wildman–Crippen LogP) is 22.3. The lowest BCUT2D eigenvalue weighted by Gasteiger charge is -2.21. The maximum absolute atomic E-state index is 12.8. The normalized spacial score (nSPS) is 10.2. The molecule has 8 aromatic carbocycles. The minimum absolute atomic E-state index is 0. The Balaban J connectivity index is -0.000000444. The van der Waals surface area contributed by atoms with E-state index in [1.807, 2.05) is 110 Å². The largest absolute Gasteiger partial charge is 0.497 e. The number of ketones is 2. The Bertz CT molecular complexity index is 5490. The van der Waals surface area contributed by atoms with Crippen LogP contribution < -0.4 is 72.8 Å². The van der Waals surface area contributed by atoms with Crippen LogP contribution in [0.5, 0.6) is 34.5 Å². The number of nitrogens with one attached hydrogen (secondary N) is 4. The average Bonchev–Trinajstić information content (AvgIpc) is 1.67. The third-order valence-corrected chi connectivity index (χ3v) is 18.2. The molecular formula is C91H118BrCl2N13O14S3. The topological polar surface area (TPSA) is 425 Å². The number of aldehydes is 1. The fraction of sp³-hybridized carbons (Fsp3) is 0.231. The molecule has 0 bridgehead atoms. The summed E-state index contributed by atoms with van der Waals surface area (Å²) in [5.41, 5.74) is 25.5. The van der Waals surface area contributed by atoms with Crippen LogP contribution in [0.4, 0.5) is 28.4 Å². The first-order valence-electron chi connectivity index (χ1n) is 33.6. The molecule has 0 radical (unpaired) electrons. The molecule has 5 heterocycles. The van der Waals surface area contributed by atoms with Crippen molar-refractivity contribution >= 4 is 200 Å². The lowest BCUT2D eigenvalue weighted by atomic mass is 10.0. The van der Waals surface area contributed by atoms with E-state index >= 15 is 0 Å². The van der Waals surface area contributed by atoms with Gasteiger partial charge in [0.2, 0.25) is 11.8 Å². The Labute approximate surface area is 762 Å². The SMILES string of the molecule is C.C.C.C.C.C.C.C.C.CC(=O)c1ccc(NC(=O)CBr)cc1.COc1ccc2c(c1)NC(S)C(C#N)=C2.COc1ccc2cc(/C=N/O)c(Cl)nc2c1.COc1ccc2cc(C=O)c(Cl)nc2c1.COc1ccc2cc3c(C)c(C(=O)Nc4ccc(C(C)=O)cc4)sc3nc2c1.COc1cccc(N)c1.COc1cccc(NC(C)=O)c1.NC(N)=S.NO. The van der Waals surface area contributed by atoms with Crippen LogP contribution in [-0.4, -0.2) is 126 Å². The van der Waals surface area contributed by atoms with Crippen molar-refractivity contribution in [3.63, 3.8) is 0 Å². The van der Waals surface area contributed by atoms with Gasteiger partial charge in [-0.05, 0) is 190 Å². The molecule has 33 heteroatoms. The number of Topliss-reactive ketones (excluding diaryl/α,β-unsaturated/α-hetero) is 2. The number of oxime groups is 1. The van der Waals surface area contributed by atoms with Gasteiger partial charge in [0.05, 0.1) is 92.8 Å². The van der Waals surface area contributed by atoms with Gasteiger partial charge in [-0.1, -0.05) is 123 Å². The van der Waals surface area contributed by atoms with Crippen LogP contribution in [0.1, 0.15) is 145 Å². The molecule has 4 aromatic heterocycles. The van der Waals surface area contributed by atoms with Gasteiger partial charge in [0.25, 0.3) is 5.91 Å². The van der Waals surface area contributed by atoms with E-state index in [0.717, 1.165) is 94.3 Å². The number of ether oxygens (including phenoxy) is 6. The number of nitriles is 1. The molecule has 14 N–H and O–H groups in total. The summed E-state index contributed by atoms with van der Waals surface area (Å²) in [5.74, 6) is 7.65. The van der Waals surface area contributed by atoms with E-state index in [-0.39, 0.29) is 117 Å². The van der Waals surface area contributed by atoms with Crippen molar-refractivity contribution in [2.45, 2.75) is 99.9 Å². The molecule has 1 atom stereocenters. The quantitative estimate of drug-likeness (QED) is 0.00434. The Kier molecular flexibility index (Phi) is 59.7. The molecule has 12 aromatic rings. The fourth-order valence-electron chi connectivity index (χ4n) is 9.87. The second kappa shape index (κ2) is 61.7. The molecule has 670 valence electrons. The number of aryl methyl sites for hydroxylation is 1. The number of fused-ring (bicyclic) bond motifs is 5. The van der Waals surface area contributed by atoms with Crippen LogP contribution in [0.25, 0.3) is 49.0 Å². The number of aromatic nitrogens is 3. The summed E-state index contributed by atoms with van der Waals surface area (Å²) < 4.78 is 30.4. The van der Waals surface area contributed by atoms with Gasteiger partial charge < -0.3 is 77.3 Å². The second-order valence-electron chi connectivity index (χ2n) is 23.4. The number of hydrogen-bond acceptors (Lipinski definition) is 25. The highest BCUT2D eigenvalue weighted by Crippen LogP contribution is 2.35. The standard InChI is InChI=1S/C22H18N2O3S.C11H9ClN2O2.C11H8ClNO2.C11H10N2OS.C10H10BrNO2.C9H11NO2.C7H9NO.CH4N2S.9CH4.H3NO/c1-12-18-10-15-6-9-17(27-3)11-19(15)24-22(18)28-20(12)21(26)23-16-7-4-14(5-8-16)13(2)25;1-16-9-3-2-7-4-8(6-13-15)11(12)14-10(7)5-9;1-15-9-3-2-7-4-8(6-14)11(12)13-10(7)5-9;1-14-9-3-2-7-4-8(6-12)11(15)13-10(7)5-9;1-7(13)8-2-4-9(5-3-8)12-10(14)6-11;1-7(11)10-8-4-3-5-9(6-8)12-2;1-9-7-4-2-3-6(8)5-7;2-1(3)4;;;;;;;;;;1-2/h4-11H,1-3H3,(H,23,26);2-6,15H,1H3;2-6H,1H3;2-5,11,13,15H,1H3;2-5H,6H2,1H3,(H,12,14);3-6H,1-2H3,(H,10,11);2-5H,8H2,1H3;(H4,2,3,4);9*1H4;2H,1H2/b;13-6+;;;;;;;;;;;;;;;;. The number of methoxy groups -OCH3 is 6. The number of rotatable bonds is 15. The summed E-state index contributed by atoms with van der Waals surface area (Å²) in [4.78, 5) is 81.9. The van der Waals surface area contributed by atoms with E-state index in [0.29, 0.717) is 66.8 Å². The van der Waals surface area contributed by atoms with E-state index in [9.17, 15) is 28.8 Å². The summed E-state index contributed by atoms with van der Waals surface area (Å²) in [7, 11) is 9.64. The molecule has 27 nitrogen and oxygen atoms in total. The summed E-state index contributed by atoms with van der Waals surface area (Å²) in [6.07, 6.45) is 3.78. The smallest absolute Gasteiger partial charge is 0.266 e. The zero-order valence-corrected chi connectivity index (χ0v) is 69.3. The molecular weight excluding hydrogens is 1750 g/mol. The summed E-state index contributed by atoms with van der Waals surface area (Å²) >= 11 is 24.5. The first kappa shape index (κ1) is 120. The van der Waals surface area contributed by atoms with E-state index < -0.39 is 0 Å². The van der Waals surface area contributed by atoms with Crippen LogP contribution in [0, 0.1) is 18.3 Å². The number of thiocarbonyl (C=S) groups is 1. The van der Waals surface area contributed by atoms with Gasteiger partial charge in [0, 0.05) is 110 Å². The van der Waals surface area contributed by atoms with Crippen molar-refractivity contribution in [1.82, 2.24) is 15.0 Å². The lowest BCUT2D eigenvalue weighted by Crippen LogP contribution is -2.18. The number of benzene rings is 8. The van der Waals surface area contributed by atoms with Crippen molar-refractivity contribution in [2.75, 3.05) is 75.0 Å². The number of hydrogen-bond donors (Lipinski definition) is 11. The fourth-order valence-corrected chi connectivity index (χ4v) is 11.7. The van der Waals surface area contributed by atoms with E-state index in [1.165, 1.54) is 38.3 Å². The number of nitrogen functional groups attached to an aromatic ring is 1. The molecule has 124 heavy (non-hydrogen) atoms. The molecule has 13 rings (SSSR count). The Morgan fingerprint density at radius 1 is 0.581 bits per heavy atom. The third-order valence-electron chi connectivity index (χ3n) is 15.5. The number of amides is 3. The van der Waals surface area contributed by atoms with Gasteiger partial charge in [0.1, 0.15) is 55.0 Å². The van der Waals surface area contributed by atoms with Gasteiger partial charge in [-0.25, -0.2) is 20.8 Å². The molecule has 0 saturated heterocycles. The zero-order chi connectivity index (χ0) is 84.8. The highest BCUT2D eigenvalue weighted by atomic mass is 79.9. The average molecular weight is 1870 g/mol. The van der Waals surface area contributed by atoms with Crippen molar-refractivity contribution < 1.29 is 67.6 Å². The number of thiophene rings is 1. The molecule has 0 fully saturated rings. The van der Waals surface area contributed by atoms with Gasteiger partial charge in [0.15, 0.2) is 23.0 Å². The van der Waals surface area contributed by atoms with E-state index in [2.05, 4.69) is 107 Å². The van der Waals surface area contributed by atoms with Crippen molar-refractivity contribution in [3.8, 4) is 40.6 Å². The van der Waals surface area contributed by atoms with Gasteiger partial charge in [-0.2, -0.15) is 5.26 Å². The third kappa shape index (κ3) is 37.9. The molecule has 0 spiro atoms. The van der Waals surface area contributed by atoms with Crippen molar-refractivity contribution in [3.05, 3.63) is 242 Å². The number of nitrogens with two attached hydrogens (primary N) is 4. The number of halogens is 3. The Morgan fingerprint density at radius 3 is 1.41 bits per heavy atom. The first-order valence-corrected chi connectivity index (χ1v) is 37.3. The molecule has 1 aliphatic heterocycles. The Hall–Kier alpha value is -12.5. The van der Waals surface area contributed by atoms with Crippen LogP contribution in [-0.2, 0) is 9.59 Å². The van der Waals surface area contributed by atoms with Crippen LogP contribution in [0.2, 0.25) is 10.3 Å². The molecule has 1 unspecified atom stereocenters. The molecule has 1 aliphatic rings. The molecule has 3 amide bonds. The number of nitrogens with zero attached hydrogens (tertiary/aromatic N) is 5. The number of thiol groups is 1. The number of alkyl halides is 1. The highest BCUT2D eigenvalue weighted by Gasteiger charge is 2.20. The summed E-state index contributed by atoms with van der Waals surface area (Å²) in [6.45, 7) is 6.43. The first-order chi connectivity index (χ1) is 55.1. The molecule has 0 aliphatic carbocycles. The summed E-state index contributed by atoms with van der Waals surface area (Å²) in [6, 6.07) is 58.2. The number of anilines is 5. The van der Waals surface area contributed by atoms with Gasteiger partial charge >= 0.3 is 0 Å². The van der Waals surface area contributed by atoms with E-state index in [4.69, 9.17) is 78.0 Å². The van der Waals surface area contributed by atoms with Crippen molar-refractivity contribution in [2.24, 2.45) is 22.5 Å². The number of carbonyl (C=O) groups excluding carboxylic acids is 6. The number of carbonyl (C=O) groups is 6. The van der Waals surface area contributed by atoms with Gasteiger partial charge in [-0.15, -0.1) is 24.0 Å². The Morgan fingerprint density at radius 2 is 0.992 bits per heavy atom. The predicted molar refractivity (Wildman–Crippen MR) is 528 cm³/mol. The maximum Gasteiger partial charge on any atom is 0.266 e. The summed E-state index contributed by atoms with van der Waals surface area (Å²) in [5, 5.41) is 42.4. The van der Waals surface area contributed by atoms with Crippen molar-refractivity contribution in [1.29, 1.82) is 5.26 Å². The monoisotopic (exact) mass is 1860 g/mol. The van der Waals surface area contributed by atoms with Crippen LogP contribution in [0.3, 0.4) is 0 Å². The highest BCUT2D eigenvalue weighted by molar-refractivity contribution is 9.09. The van der Waals surface area contributed by atoms with Crippen LogP contribution in [0.15, 0.2) is 199 Å². The minimum Gasteiger partial charge on any atom is -0.497 e. The minimum atomic E-state index is -0.241. The zero-order valence-electron chi connectivity index (χ0n) is 63.7.